The molecule has 4 heteroatoms. The molecule has 100 valence electrons. The number of para-hydroxylation sites is 1. The van der Waals surface area contributed by atoms with Crippen LogP contribution in [0.4, 0.5) is 5.69 Å². The predicted octanol–water partition coefficient (Wildman–Crippen LogP) is 2.84. The number of aliphatic hydroxyl groups is 1. The molecule has 0 radical (unpaired) electrons. The van der Waals surface area contributed by atoms with Crippen LogP contribution >= 0.6 is 11.6 Å². The first-order chi connectivity index (χ1) is 8.59. The lowest BCUT2D eigenvalue weighted by atomic mass is 9.94. The monoisotopic (exact) mass is 269 g/mol. The van der Waals surface area contributed by atoms with Crippen LogP contribution in [-0.4, -0.2) is 30.9 Å². The van der Waals surface area contributed by atoms with Gasteiger partial charge in [-0.2, -0.15) is 0 Å². The Hall–Kier alpha value is -0.770. The van der Waals surface area contributed by atoms with Crippen LogP contribution in [0.3, 0.4) is 0 Å². The number of hydrogen-bond donors (Lipinski definition) is 1. The van der Waals surface area contributed by atoms with E-state index in [0.29, 0.717) is 5.02 Å². The molecule has 0 aliphatic carbocycles. The SMILES string of the molecule is COC1(C)CCCN(c2c(Cl)cccc2CO)C1. The maximum atomic E-state index is 9.44. The minimum absolute atomic E-state index is 0.0100. The maximum Gasteiger partial charge on any atom is 0.0825 e. The summed E-state index contributed by atoms with van der Waals surface area (Å²) in [6.45, 7) is 3.89. The molecule has 0 amide bonds. The Morgan fingerprint density at radius 1 is 1.50 bits per heavy atom. The molecule has 1 saturated heterocycles. The van der Waals surface area contributed by atoms with E-state index in [-0.39, 0.29) is 12.2 Å². The molecule has 1 unspecified atom stereocenters. The van der Waals surface area contributed by atoms with E-state index < -0.39 is 0 Å². The van der Waals surface area contributed by atoms with Crippen molar-refractivity contribution in [1.82, 2.24) is 0 Å². The molecule has 1 aliphatic heterocycles. The van der Waals surface area contributed by atoms with Gasteiger partial charge in [0.15, 0.2) is 0 Å². The Bertz CT molecular complexity index is 424. The van der Waals surface area contributed by atoms with E-state index in [9.17, 15) is 5.11 Å². The summed E-state index contributed by atoms with van der Waals surface area (Å²) >= 11 is 6.28. The molecule has 3 nitrogen and oxygen atoms in total. The summed E-state index contributed by atoms with van der Waals surface area (Å²) in [6.07, 6.45) is 2.12. The van der Waals surface area contributed by atoms with Crippen molar-refractivity contribution in [3.8, 4) is 0 Å². The molecule has 1 aliphatic rings. The second-order valence-electron chi connectivity index (χ2n) is 5.08. The van der Waals surface area contributed by atoms with Crippen LogP contribution in [0.2, 0.25) is 5.02 Å². The summed E-state index contributed by atoms with van der Waals surface area (Å²) in [6, 6.07) is 5.66. The molecule has 1 fully saturated rings. The van der Waals surface area contributed by atoms with E-state index in [2.05, 4.69) is 11.8 Å². The third kappa shape index (κ3) is 2.63. The lowest BCUT2D eigenvalue weighted by Gasteiger charge is -2.41. The average molecular weight is 270 g/mol. The van der Waals surface area contributed by atoms with E-state index >= 15 is 0 Å². The number of rotatable bonds is 3. The van der Waals surface area contributed by atoms with E-state index in [1.165, 1.54) is 0 Å². The Morgan fingerprint density at radius 3 is 2.94 bits per heavy atom. The maximum absolute atomic E-state index is 9.44. The first-order valence-corrected chi connectivity index (χ1v) is 6.66. The van der Waals surface area contributed by atoms with Gasteiger partial charge in [-0.05, 0) is 25.8 Å². The molecule has 1 atom stereocenters. The minimum Gasteiger partial charge on any atom is -0.392 e. The van der Waals surface area contributed by atoms with Gasteiger partial charge in [-0.25, -0.2) is 0 Å². The predicted molar refractivity (Wildman–Crippen MR) is 74.2 cm³/mol. The number of piperidine rings is 1. The molecule has 0 saturated carbocycles. The zero-order valence-electron chi connectivity index (χ0n) is 10.9. The lowest BCUT2D eigenvalue weighted by Crippen LogP contribution is -2.47. The highest BCUT2D eigenvalue weighted by Gasteiger charge is 2.32. The number of anilines is 1. The van der Waals surface area contributed by atoms with Crippen molar-refractivity contribution in [2.24, 2.45) is 0 Å². The van der Waals surface area contributed by atoms with Crippen molar-refractivity contribution in [3.63, 3.8) is 0 Å². The number of aliphatic hydroxyl groups excluding tert-OH is 1. The quantitative estimate of drug-likeness (QED) is 0.916. The van der Waals surface area contributed by atoms with Gasteiger partial charge in [0.2, 0.25) is 0 Å². The second kappa shape index (κ2) is 5.47. The van der Waals surface area contributed by atoms with E-state index in [1.54, 1.807) is 7.11 Å². The molecular weight excluding hydrogens is 250 g/mol. The zero-order valence-corrected chi connectivity index (χ0v) is 11.7. The number of hydrogen-bond acceptors (Lipinski definition) is 3. The largest absolute Gasteiger partial charge is 0.392 e. The number of methoxy groups -OCH3 is 1. The van der Waals surface area contributed by atoms with Gasteiger partial charge in [0.25, 0.3) is 0 Å². The van der Waals surface area contributed by atoms with Gasteiger partial charge < -0.3 is 14.7 Å². The Labute approximate surface area is 113 Å². The van der Waals surface area contributed by atoms with Gasteiger partial charge in [0, 0.05) is 25.8 Å². The first-order valence-electron chi connectivity index (χ1n) is 6.28. The molecule has 1 heterocycles. The van der Waals surface area contributed by atoms with Crippen molar-refractivity contribution >= 4 is 17.3 Å². The summed E-state index contributed by atoms with van der Waals surface area (Å²) in [5.41, 5.74) is 1.69. The highest BCUT2D eigenvalue weighted by molar-refractivity contribution is 6.33. The Morgan fingerprint density at radius 2 is 2.28 bits per heavy atom. The van der Waals surface area contributed by atoms with Crippen LogP contribution < -0.4 is 4.90 Å². The van der Waals surface area contributed by atoms with E-state index in [1.807, 2.05) is 18.2 Å². The molecule has 0 spiro atoms. The van der Waals surface area contributed by atoms with Crippen molar-refractivity contribution in [1.29, 1.82) is 0 Å². The van der Waals surface area contributed by atoms with Crippen molar-refractivity contribution < 1.29 is 9.84 Å². The van der Waals surface area contributed by atoms with Crippen LogP contribution in [-0.2, 0) is 11.3 Å². The minimum atomic E-state index is -0.135. The van der Waals surface area contributed by atoms with Crippen LogP contribution in [0.25, 0.3) is 0 Å². The third-order valence-corrected chi connectivity index (χ3v) is 4.01. The van der Waals surface area contributed by atoms with Gasteiger partial charge in [-0.3, -0.25) is 0 Å². The smallest absolute Gasteiger partial charge is 0.0825 e. The lowest BCUT2D eigenvalue weighted by molar-refractivity contribution is -0.00471. The number of ether oxygens (including phenoxy) is 1. The van der Waals surface area contributed by atoms with E-state index in [0.717, 1.165) is 37.2 Å². The average Bonchev–Trinajstić information content (AvgIpc) is 2.38. The van der Waals surface area contributed by atoms with Gasteiger partial charge in [-0.1, -0.05) is 23.7 Å². The van der Waals surface area contributed by atoms with Crippen LogP contribution in [0, 0.1) is 0 Å². The van der Waals surface area contributed by atoms with Crippen molar-refractivity contribution in [2.75, 3.05) is 25.1 Å². The fourth-order valence-electron chi connectivity index (χ4n) is 2.60. The molecular formula is C14H20ClNO2. The Kier molecular flexibility index (Phi) is 4.15. The highest BCUT2D eigenvalue weighted by Crippen LogP contribution is 2.35. The molecule has 0 bridgehead atoms. The topological polar surface area (TPSA) is 32.7 Å². The van der Waals surface area contributed by atoms with Crippen molar-refractivity contribution in [3.05, 3.63) is 28.8 Å². The Balaban J connectivity index is 2.31. The van der Waals surface area contributed by atoms with Crippen LogP contribution in [0.15, 0.2) is 18.2 Å². The fraction of sp³-hybridized carbons (Fsp3) is 0.571. The summed E-state index contributed by atoms with van der Waals surface area (Å²) in [5, 5.41) is 10.1. The number of benzene rings is 1. The molecule has 1 aromatic carbocycles. The molecule has 18 heavy (non-hydrogen) atoms. The molecule has 1 aromatic rings. The first kappa shape index (κ1) is 13.7. The summed E-state index contributed by atoms with van der Waals surface area (Å²) in [4.78, 5) is 2.22. The standard InChI is InChI=1S/C14H20ClNO2/c1-14(18-2)7-4-8-16(10-14)13-11(9-17)5-3-6-12(13)15/h3,5-6,17H,4,7-10H2,1-2H3. The molecule has 1 N–H and O–H groups in total. The van der Waals surface area contributed by atoms with Gasteiger partial charge in [0.05, 0.1) is 22.9 Å². The summed E-state index contributed by atoms with van der Waals surface area (Å²) in [7, 11) is 1.75. The summed E-state index contributed by atoms with van der Waals surface area (Å²) in [5.74, 6) is 0. The zero-order chi connectivity index (χ0) is 13.2. The fourth-order valence-corrected chi connectivity index (χ4v) is 2.92. The van der Waals surface area contributed by atoms with Gasteiger partial charge in [0.1, 0.15) is 0 Å². The van der Waals surface area contributed by atoms with Gasteiger partial charge >= 0.3 is 0 Å². The summed E-state index contributed by atoms with van der Waals surface area (Å²) < 4.78 is 5.60. The normalized spacial score (nSPS) is 24.3. The third-order valence-electron chi connectivity index (χ3n) is 3.71. The van der Waals surface area contributed by atoms with Gasteiger partial charge in [-0.15, -0.1) is 0 Å². The van der Waals surface area contributed by atoms with Crippen LogP contribution in [0.1, 0.15) is 25.3 Å². The molecule has 0 aromatic heterocycles. The van der Waals surface area contributed by atoms with Crippen LogP contribution in [0.5, 0.6) is 0 Å². The van der Waals surface area contributed by atoms with Crippen molar-refractivity contribution in [2.45, 2.75) is 32.0 Å². The number of halogens is 1. The highest BCUT2D eigenvalue weighted by atomic mass is 35.5. The van der Waals surface area contributed by atoms with E-state index in [4.69, 9.17) is 16.3 Å². The number of nitrogens with zero attached hydrogens (tertiary/aromatic N) is 1. The second-order valence-corrected chi connectivity index (χ2v) is 5.49. The molecule has 2 rings (SSSR count).